The Morgan fingerprint density at radius 3 is 2.81 bits per heavy atom. The highest BCUT2D eigenvalue weighted by Gasteiger charge is 2.16. The van der Waals surface area contributed by atoms with E-state index in [9.17, 15) is 4.39 Å². The molecule has 1 heterocycles. The van der Waals surface area contributed by atoms with Gasteiger partial charge in [-0.1, -0.05) is 19.3 Å². The largest absolute Gasteiger partial charge is 0.487 e. The van der Waals surface area contributed by atoms with Gasteiger partial charge in [-0.15, -0.1) is 0 Å². The summed E-state index contributed by atoms with van der Waals surface area (Å²) >= 11 is 3.13. The molecule has 0 atom stereocenters. The third-order valence-electron chi connectivity index (χ3n) is 3.89. The Kier molecular flexibility index (Phi) is 4.58. The van der Waals surface area contributed by atoms with E-state index >= 15 is 0 Å². The molecule has 0 amide bonds. The van der Waals surface area contributed by atoms with Gasteiger partial charge in [0.15, 0.2) is 0 Å². The van der Waals surface area contributed by atoms with E-state index in [2.05, 4.69) is 25.7 Å². The first kappa shape index (κ1) is 14.6. The first-order valence-electron chi connectivity index (χ1n) is 7.34. The average molecular weight is 353 g/mol. The lowest BCUT2D eigenvalue weighted by atomic mass is 9.96. The second-order valence-corrected chi connectivity index (χ2v) is 6.30. The molecule has 0 spiro atoms. The summed E-state index contributed by atoms with van der Waals surface area (Å²) in [5, 5.41) is 4.58. The molecule has 0 N–H and O–H groups in total. The summed E-state index contributed by atoms with van der Waals surface area (Å²) in [5.41, 5.74) is 0.879. The molecule has 5 heteroatoms. The van der Waals surface area contributed by atoms with E-state index in [4.69, 9.17) is 4.74 Å². The lowest BCUT2D eigenvalue weighted by molar-refractivity contribution is 0.289. The van der Waals surface area contributed by atoms with Crippen LogP contribution in [0.5, 0.6) is 5.75 Å². The highest BCUT2D eigenvalue weighted by Crippen LogP contribution is 2.27. The van der Waals surface area contributed by atoms with Gasteiger partial charge in [0.2, 0.25) is 0 Å². The Labute approximate surface area is 132 Å². The van der Waals surface area contributed by atoms with Crippen molar-refractivity contribution in [2.24, 2.45) is 0 Å². The number of rotatable bonds is 4. The van der Waals surface area contributed by atoms with Crippen LogP contribution in [0.2, 0.25) is 0 Å². The quantitative estimate of drug-likeness (QED) is 0.784. The van der Waals surface area contributed by atoms with E-state index in [1.807, 2.05) is 12.3 Å². The Balaban J connectivity index is 1.60. The standard InChI is InChI=1S/C16H18BrFN2O/c17-15-7-6-14(10-16(15)18)21-11-12-8-9-20(19-12)13-4-2-1-3-5-13/h6-10,13H,1-5,11H2. The molecule has 1 aromatic carbocycles. The zero-order valence-electron chi connectivity index (χ0n) is 11.8. The highest BCUT2D eigenvalue weighted by molar-refractivity contribution is 9.10. The van der Waals surface area contributed by atoms with Gasteiger partial charge in [0.05, 0.1) is 16.2 Å². The van der Waals surface area contributed by atoms with E-state index < -0.39 is 0 Å². The van der Waals surface area contributed by atoms with Crippen LogP contribution in [0.4, 0.5) is 4.39 Å². The molecule has 1 saturated carbocycles. The van der Waals surface area contributed by atoms with Gasteiger partial charge in [0.25, 0.3) is 0 Å². The van der Waals surface area contributed by atoms with E-state index in [0.29, 0.717) is 22.9 Å². The number of ether oxygens (including phenoxy) is 1. The van der Waals surface area contributed by atoms with Gasteiger partial charge in [-0.2, -0.15) is 5.10 Å². The van der Waals surface area contributed by atoms with Crippen LogP contribution in [-0.4, -0.2) is 9.78 Å². The lowest BCUT2D eigenvalue weighted by Crippen LogP contribution is -2.13. The summed E-state index contributed by atoms with van der Waals surface area (Å²) in [6.45, 7) is 0.362. The Bertz CT molecular complexity index is 608. The Morgan fingerprint density at radius 1 is 1.24 bits per heavy atom. The summed E-state index contributed by atoms with van der Waals surface area (Å²) in [7, 11) is 0. The Hall–Kier alpha value is -1.36. The van der Waals surface area contributed by atoms with Crippen molar-refractivity contribution in [3.63, 3.8) is 0 Å². The number of hydrogen-bond acceptors (Lipinski definition) is 2. The van der Waals surface area contributed by atoms with Crippen molar-refractivity contribution in [2.45, 2.75) is 44.8 Å². The molecule has 1 aliphatic rings. The Morgan fingerprint density at radius 2 is 2.05 bits per heavy atom. The first-order valence-corrected chi connectivity index (χ1v) is 8.13. The molecule has 0 aliphatic heterocycles. The summed E-state index contributed by atoms with van der Waals surface area (Å²) in [4.78, 5) is 0. The molecule has 21 heavy (non-hydrogen) atoms. The third-order valence-corrected chi connectivity index (χ3v) is 4.53. The molecule has 0 bridgehead atoms. The normalized spacial score (nSPS) is 16.1. The molecule has 3 nitrogen and oxygen atoms in total. The minimum absolute atomic E-state index is 0.319. The van der Waals surface area contributed by atoms with Crippen LogP contribution in [0, 0.1) is 5.82 Å². The molecule has 2 aromatic rings. The second-order valence-electron chi connectivity index (χ2n) is 5.44. The third kappa shape index (κ3) is 3.64. The summed E-state index contributed by atoms with van der Waals surface area (Å²) in [5.74, 6) is 0.197. The minimum atomic E-state index is -0.319. The number of halogens is 2. The minimum Gasteiger partial charge on any atom is -0.487 e. The van der Waals surface area contributed by atoms with Gasteiger partial charge in [-0.25, -0.2) is 4.39 Å². The van der Waals surface area contributed by atoms with Crippen LogP contribution in [0.1, 0.15) is 43.8 Å². The first-order chi connectivity index (χ1) is 10.2. The molecular formula is C16H18BrFN2O. The lowest BCUT2D eigenvalue weighted by Gasteiger charge is -2.21. The van der Waals surface area contributed by atoms with E-state index in [0.717, 1.165) is 5.69 Å². The van der Waals surface area contributed by atoms with Crippen molar-refractivity contribution in [2.75, 3.05) is 0 Å². The fraction of sp³-hybridized carbons (Fsp3) is 0.438. The number of benzene rings is 1. The smallest absolute Gasteiger partial charge is 0.141 e. The monoisotopic (exact) mass is 352 g/mol. The maximum atomic E-state index is 13.4. The molecule has 0 unspecified atom stereocenters. The van der Waals surface area contributed by atoms with Gasteiger partial charge < -0.3 is 4.74 Å². The molecule has 3 rings (SSSR count). The van der Waals surface area contributed by atoms with E-state index in [-0.39, 0.29) is 5.82 Å². The SMILES string of the molecule is Fc1cc(OCc2ccn(C3CCCCC3)n2)ccc1Br. The van der Waals surface area contributed by atoms with Crippen LogP contribution in [0.15, 0.2) is 34.9 Å². The number of aromatic nitrogens is 2. The molecule has 0 saturated heterocycles. The fourth-order valence-corrected chi connectivity index (χ4v) is 2.97. The van der Waals surface area contributed by atoms with Crippen molar-refractivity contribution in [1.82, 2.24) is 9.78 Å². The predicted octanol–water partition coefficient (Wildman–Crippen LogP) is 4.87. The van der Waals surface area contributed by atoms with Crippen LogP contribution in [0.25, 0.3) is 0 Å². The number of nitrogens with zero attached hydrogens (tertiary/aromatic N) is 2. The summed E-state index contributed by atoms with van der Waals surface area (Å²) in [6, 6.07) is 7.26. The van der Waals surface area contributed by atoms with E-state index in [1.165, 1.54) is 38.2 Å². The van der Waals surface area contributed by atoms with Gasteiger partial charge in [-0.05, 0) is 47.0 Å². The van der Waals surface area contributed by atoms with Crippen molar-refractivity contribution in [3.05, 3.63) is 46.4 Å². The van der Waals surface area contributed by atoms with Crippen molar-refractivity contribution < 1.29 is 9.13 Å². The van der Waals surface area contributed by atoms with Gasteiger partial charge in [0.1, 0.15) is 18.2 Å². The van der Waals surface area contributed by atoms with E-state index in [1.54, 1.807) is 12.1 Å². The van der Waals surface area contributed by atoms with Crippen LogP contribution >= 0.6 is 15.9 Å². The molecule has 0 radical (unpaired) electrons. The second kappa shape index (κ2) is 6.60. The summed E-state index contributed by atoms with van der Waals surface area (Å²) < 4.78 is 21.5. The van der Waals surface area contributed by atoms with Crippen LogP contribution < -0.4 is 4.74 Å². The molecular weight excluding hydrogens is 335 g/mol. The van der Waals surface area contributed by atoms with Crippen molar-refractivity contribution in [3.8, 4) is 5.75 Å². The van der Waals surface area contributed by atoms with Crippen LogP contribution in [-0.2, 0) is 6.61 Å². The zero-order valence-corrected chi connectivity index (χ0v) is 13.4. The van der Waals surface area contributed by atoms with Gasteiger partial charge >= 0.3 is 0 Å². The molecule has 1 fully saturated rings. The maximum Gasteiger partial charge on any atom is 0.141 e. The maximum absolute atomic E-state index is 13.4. The molecule has 1 aromatic heterocycles. The average Bonchev–Trinajstić information content (AvgIpc) is 2.98. The van der Waals surface area contributed by atoms with Gasteiger partial charge in [-0.3, -0.25) is 4.68 Å². The fourth-order valence-electron chi connectivity index (χ4n) is 2.73. The van der Waals surface area contributed by atoms with Gasteiger partial charge in [0, 0.05) is 12.3 Å². The van der Waals surface area contributed by atoms with Crippen molar-refractivity contribution >= 4 is 15.9 Å². The highest BCUT2D eigenvalue weighted by atomic mass is 79.9. The van der Waals surface area contributed by atoms with Crippen molar-refractivity contribution in [1.29, 1.82) is 0 Å². The topological polar surface area (TPSA) is 27.1 Å². The molecule has 112 valence electrons. The predicted molar refractivity (Wildman–Crippen MR) is 82.8 cm³/mol. The summed E-state index contributed by atoms with van der Waals surface area (Å²) in [6.07, 6.45) is 8.35. The molecule has 1 aliphatic carbocycles. The number of hydrogen-bond donors (Lipinski definition) is 0. The zero-order chi connectivity index (χ0) is 14.7. The van der Waals surface area contributed by atoms with Crippen LogP contribution in [0.3, 0.4) is 0 Å².